The summed E-state index contributed by atoms with van der Waals surface area (Å²) < 4.78 is 56.5. The number of halogens is 1. The van der Waals surface area contributed by atoms with Crippen LogP contribution in [0.3, 0.4) is 0 Å². The molecule has 0 aliphatic carbocycles. The molecule has 7 nitrogen and oxygen atoms in total. The number of methoxy groups -OCH3 is 2. The monoisotopic (exact) mass is 437 g/mol. The average molecular weight is 437 g/mol. The number of benzene rings is 2. The Morgan fingerprint density at radius 2 is 1.83 bits per heavy atom. The molecule has 0 bridgehead atoms. The second kappa shape index (κ2) is 9.44. The fraction of sp³-hybridized carbons (Fsp3) is 0.381. The molecule has 162 valence electrons. The highest BCUT2D eigenvalue weighted by Gasteiger charge is 2.45. The number of hydrogen-bond donors (Lipinski definition) is 0. The fourth-order valence-corrected chi connectivity index (χ4v) is 5.07. The number of para-hydroxylation sites is 1. The number of rotatable bonds is 8. The SMILES string of the molecule is COC(=O)C1CC(Oc2ccccc2F)CN1S(=O)(=O)CCc1ccc(OC)cc1. The van der Waals surface area contributed by atoms with Crippen molar-refractivity contribution in [2.45, 2.75) is 25.0 Å². The quantitative estimate of drug-likeness (QED) is 0.590. The molecule has 3 rings (SSSR count). The molecule has 2 atom stereocenters. The van der Waals surface area contributed by atoms with Gasteiger partial charge in [-0.05, 0) is 36.2 Å². The zero-order valence-corrected chi connectivity index (χ0v) is 17.6. The Morgan fingerprint density at radius 1 is 1.13 bits per heavy atom. The van der Waals surface area contributed by atoms with Crippen LogP contribution in [0.25, 0.3) is 0 Å². The molecule has 1 aliphatic heterocycles. The van der Waals surface area contributed by atoms with Gasteiger partial charge in [-0.1, -0.05) is 24.3 Å². The first-order chi connectivity index (χ1) is 14.3. The van der Waals surface area contributed by atoms with Gasteiger partial charge in [-0.2, -0.15) is 4.31 Å². The van der Waals surface area contributed by atoms with Crippen molar-refractivity contribution in [1.82, 2.24) is 4.31 Å². The van der Waals surface area contributed by atoms with Gasteiger partial charge in [-0.25, -0.2) is 12.8 Å². The number of esters is 1. The molecule has 1 aliphatic rings. The van der Waals surface area contributed by atoms with E-state index in [1.165, 1.54) is 25.3 Å². The summed E-state index contributed by atoms with van der Waals surface area (Å²) in [7, 11) is -1.03. The van der Waals surface area contributed by atoms with Crippen molar-refractivity contribution in [1.29, 1.82) is 0 Å². The lowest BCUT2D eigenvalue weighted by atomic mass is 10.2. The van der Waals surface area contributed by atoms with Gasteiger partial charge in [0.25, 0.3) is 0 Å². The van der Waals surface area contributed by atoms with E-state index in [0.717, 1.165) is 9.87 Å². The van der Waals surface area contributed by atoms with Crippen LogP contribution >= 0.6 is 0 Å². The molecule has 0 saturated carbocycles. The van der Waals surface area contributed by atoms with E-state index in [1.807, 2.05) is 0 Å². The molecule has 30 heavy (non-hydrogen) atoms. The smallest absolute Gasteiger partial charge is 0.324 e. The highest BCUT2D eigenvalue weighted by Crippen LogP contribution is 2.28. The molecule has 2 aromatic rings. The lowest BCUT2D eigenvalue weighted by molar-refractivity contribution is -0.144. The van der Waals surface area contributed by atoms with E-state index in [1.54, 1.807) is 37.4 Å². The maximum atomic E-state index is 13.9. The van der Waals surface area contributed by atoms with Crippen molar-refractivity contribution < 1.29 is 31.8 Å². The first-order valence-electron chi connectivity index (χ1n) is 9.45. The minimum absolute atomic E-state index is 0.0172. The summed E-state index contributed by atoms with van der Waals surface area (Å²) in [5.74, 6) is -0.696. The zero-order chi connectivity index (χ0) is 21.7. The van der Waals surface area contributed by atoms with Crippen LogP contribution in [0.2, 0.25) is 0 Å². The zero-order valence-electron chi connectivity index (χ0n) is 16.8. The summed E-state index contributed by atoms with van der Waals surface area (Å²) in [5, 5.41) is 0. The highest BCUT2D eigenvalue weighted by molar-refractivity contribution is 7.89. The predicted octanol–water partition coefficient (Wildman–Crippen LogP) is 2.40. The molecule has 0 N–H and O–H groups in total. The van der Waals surface area contributed by atoms with Crippen molar-refractivity contribution >= 4 is 16.0 Å². The van der Waals surface area contributed by atoms with Crippen LogP contribution in [-0.4, -0.2) is 57.4 Å². The third kappa shape index (κ3) is 5.09. The van der Waals surface area contributed by atoms with Gasteiger partial charge in [-0.3, -0.25) is 4.79 Å². The van der Waals surface area contributed by atoms with Gasteiger partial charge in [0.05, 0.1) is 26.5 Å². The van der Waals surface area contributed by atoms with E-state index in [9.17, 15) is 17.6 Å². The molecule has 0 amide bonds. The summed E-state index contributed by atoms with van der Waals surface area (Å²) in [6.45, 7) is -0.0565. The second-order valence-corrected chi connectivity index (χ2v) is 8.97. The third-order valence-electron chi connectivity index (χ3n) is 4.99. The van der Waals surface area contributed by atoms with Crippen LogP contribution in [-0.2, 0) is 26.0 Å². The lowest BCUT2D eigenvalue weighted by Gasteiger charge is -2.21. The Balaban J connectivity index is 1.72. The number of aryl methyl sites for hydroxylation is 1. The predicted molar refractivity (Wildman–Crippen MR) is 108 cm³/mol. The number of hydrogen-bond acceptors (Lipinski definition) is 6. The number of sulfonamides is 1. The van der Waals surface area contributed by atoms with Crippen molar-refractivity contribution in [3.8, 4) is 11.5 Å². The van der Waals surface area contributed by atoms with Gasteiger partial charge in [0.2, 0.25) is 10.0 Å². The van der Waals surface area contributed by atoms with Crippen molar-refractivity contribution in [2.75, 3.05) is 26.5 Å². The van der Waals surface area contributed by atoms with E-state index in [0.29, 0.717) is 5.75 Å². The molecule has 2 aromatic carbocycles. The number of carbonyl (C=O) groups excluding carboxylic acids is 1. The van der Waals surface area contributed by atoms with E-state index in [2.05, 4.69) is 0 Å². The molecule has 2 unspecified atom stereocenters. The van der Waals surface area contributed by atoms with Gasteiger partial charge in [0.15, 0.2) is 11.6 Å². The lowest BCUT2D eigenvalue weighted by Crippen LogP contribution is -2.42. The fourth-order valence-electron chi connectivity index (χ4n) is 3.39. The van der Waals surface area contributed by atoms with Crippen LogP contribution < -0.4 is 9.47 Å². The first-order valence-corrected chi connectivity index (χ1v) is 11.1. The highest BCUT2D eigenvalue weighted by atomic mass is 32.2. The normalized spacial score (nSPS) is 19.4. The maximum Gasteiger partial charge on any atom is 0.324 e. The van der Waals surface area contributed by atoms with Crippen molar-refractivity contribution in [3.63, 3.8) is 0 Å². The standard InChI is InChI=1S/C21H24FNO6S/c1-27-16-9-7-15(8-10-16)11-12-30(25,26)23-14-17(13-19(23)21(24)28-2)29-20-6-4-3-5-18(20)22/h3-10,17,19H,11-14H2,1-2H3. The summed E-state index contributed by atoms with van der Waals surface area (Å²) in [5.41, 5.74) is 0.826. The molecular formula is C21H24FNO6S. The Kier molecular flexibility index (Phi) is 6.94. The molecule has 0 aromatic heterocycles. The van der Waals surface area contributed by atoms with Gasteiger partial charge in [-0.15, -0.1) is 0 Å². The van der Waals surface area contributed by atoms with E-state index in [4.69, 9.17) is 14.2 Å². The molecule has 1 fully saturated rings. The van der Waals surface area contributed by atoms with Crippen LogP contribution in [0, 0.1) is 5.82 Å². The van der Waals surface area contributed by atoms with Crippen LogP contribution in [0.5, 0.6) is 11.5 Å². The van der Waals surface area contributed by atoms with Crippen LogP contribution in [0.1, 0.15) is 12.0 Å². The minimum Gasteiger partial charge on any atom is -0.497 e. The van der Waals surface area contributed by atoms with Crippen LogP contribution in [0.4, 0.5) is 4.39 Å². The number of carbonyl (C=O) groups is 1. The van der Waals surface area contributed by atoms with Gasteiger partial charge in [0, 0.05) is 6.42 Å². The molecule has 0 radical (unpaired) electrons. The molecule has 0 spiro atoms. The molecule has 9 heteroatoms. The topological polar surface area (TPSA) is 82.1 Å². The Hall–Kier alpha value is -2.65. The summed E-state index contributed by atoms with van der Waals surface area (Å²) in [6.07, 6.45) is -0.306. The third-order valence-corrected chi connectivity index (χ3v) is 6.82. The number of nitrogens with zero attached hydrogens (tertiary/aromatic N) is 1. The van der Waals surface area contributed by atoms with Gasteiger partial charge >= 0.3 is 5.97 Å². The van der Waals surface area contributed by atoms with Gasteiger partial charge < -0.3 is 14.2 Å². The van der Waals surface area contributed by atoms with Crippen LogP contribution in [0.15, 0.2) is 48.5 Å². The van der Waals surface area contributed by atoms with Crippen molar-refractivity contribution in [3.05, 3.63) is 59.9 Å². The van der Waals surface area contributed by atoms with E-state index < -0.39 is 34.0 Å². The van der Waals surface area contributed by atoms with Crippen molar-refractivity contribution in [2.24, 2.45) is 0 Å². The Morgan fingerprint density at radius 3 is 2.47 bits per heavy atom. The molecule has 1 saturated heterocycles. The second-order valence-electron chi connectivity index (χ2n) is 6.93. The first kappa shape index (κ1) is 22.0. The number of ether oxygens (including phenoxy) is 3. The largest absolute Gasteiger partial charge is 0.497 e. The van der Waals surface area contributed by atoms with E-state index >= 15 is 0 Å². The maximum absolute atomic E-state index is 13.9. The van der Waals surface area contributed by atoms with Gasteiger partial charge in [0.1, 0.15) is 17.9 Å². The van der Waals surface area contributed by atoms with E-state index in [-0.39, 0.29) is 30.9 Å². The summed E-state index contributed by atoms with van der Waals surface area (Å²) >= 11 is 0. The molecule has 1 heterocycles. The summed E-state index contributed by atoms with van der Waals surface area (Å²) in [4.78, 5) is 12.2. The minimum atomic E-state index is -3.79. The Bertz CT molecular complexity index is 979. The Labute approximate surface area is 175 Å². The molecular weight excluding hydrogens is 413 g/mol. The average Bonchev–Trinajstić information content (AvgIpc) is 3.19. The summed E-state index contributed by atoms with van der Waals surface area (Å²) in [6, 6.07) is 12.0.